The molecule has 0 aliphatic heterocycles. The molecule has 1 amide bonds. The molecule has 0 aliphatic rings. The van der Waals surface area contributed by atoms with Gasteiger partial charge >= 0.3 is 0 Å². The fourth-order valence-corrected chi connectivity index (χ4v) is 3.02. The van der Waals surface area contributed by atoms with E-state index in [-0.39, 0.29) is 11.9 Å². The number of imidazole rings is 1. The van der Waals surface area contributed by atoms with Gasteiger partial charge in [0.1, 0.15) is 5.65 Å². The highest BCUT2D eigenvalue weighted by Crippen LogP contribution is 2.19. The first kappa shape index (κ1) is 18.7. The molecule has 0 spiro atoms. The fraction of sp³-hybridized carbons (Fsp3) is 0.190. The molecular weight excluding hydrogens is 360 g/mol. The van der Waals surface area contributed by atoms with Gasteiger partial charge in [-0.3, -0.25) is 9.20 Å². The van der Waals surface area contributed by atoms with Gasteiger partial charge in [0.15, 0.2) is 5.15 Å². The Morgan fingerprint density at radius 2 is 2.04 bits per heavy atom. The molecule has 0 bridgehead atoms. The van der Waals surface area contributed by atoms with Crippen molar-refractivity contribution >= 4 is 29.2 Å². The normalized spacial score (nSPS) is 11.2. The number of nitrogens with zero attached hydrogens (tertiary/aromatic N) is 4. The molecule has 27 heavy (non-hydrogen) atoms. The molecule has 0 saturated carbocycles. The molecule has 3 rings (SSSR count). The van der Waals surface area contributed by atoms with Crippen molar-refractivity contribution in [3.8, 4) is 6.07 Å². The lowest BCUT2D eigenvalue weighted by Gasteiger charge is -2.25. The van der Waals surface area contributed by atoms with E-state index in [2.05, 4.69) is 11.1 Å². The number of aromatic nitrogens is 2. The average molecular weight is 379 g/mol. The van der Waals surface area contributed by atoms with Gasteiger partial charge in [-0.15, -0.1) is 0 Å². The maximum atomic E-state index is 12.8. The number of carbonyl (C=O) groups is 1. The third-order valence-corrected chi connectivity index (χ3v) is 4.53. The van der Waals surface area contributed by atoms with E-state index in [0.717, 1.165) is 11.2 Å². The summed E-state index contributed by atoms with van der Waals surface area (Å²) in [6.45, 7) is 4.40. The first-order chi connectivity index (χ1) is 13.0. The van der Waals surface area contributed by atoms with Crippen LogP contribution >= 0.6 is 11.6 Å². The molecule has 1 aromatic carbocycles. The second-order valence-corrected chi connectivity index (χ2v) is 6.78. The summed E-state index contributed by atoms with van der Waals surface area (Å²) in [5, 5.41) is 9.26. The molecule has 5 nitrogen and oxygen atoms in total. The molecule has 136 valence electrons. The smallest absolute Gasteiger partial charge is 0.247 e. The summed E-state index contributed by atoms with van der Waals surface area (Å²) in [5.41, 5.74) is 2.97. The molecule has 0 N–H and O–H groups in total. The lowest BCUT2D eigenvalue weighted by molar-refractivity contribution is -0.128. The van der Waals surface area contributed by atoms with Gasteiger partial charge in [0, 0.05) is 24.9 Å². The van der Waals surface area contributed by atoms with Crippen LogP contribution < -0.4 is 0 Å². The molecule has 0 unspecified atom stereocenters. The van der Waals surface area contributed by atoms with Crippen molar-refractivity contribution in [2.45, 2.75) is 26.4 Å². The topological polar surface area (TPSA) is 61.4 Å². The highest BCUT2D eigenvalue weighted by atomic mass is 35.5. The Kier molecular flexibility index (Phi) is 5.58. The molecule has 0 aliphatic carbocycles. The van der Waals surface area contributed by atoms with E-state index in [4.69, 9.17) is 16.9 Å². The second-order valence-electron chi connectivity index (χ2n) is 6.42. The number of fused-ring (bicyclic) bond motifs is 1. The quantitative estimate of drug-likeness (QED) is 0.621. The summed E-state index contributed by atoms with van der Waals surface area (Å²) in [7, 11) is 0. The van der Waals surface area contributed by atoms with E-state index in [1.165, 1.54) is 6.08 Å². The monoisotopic (exact) mass is 378 g/mol. The fourth-order valence-electron chi connectivity index (χ4n) is 2.78. The maximum absolute atomic E-state index is 12.8. The van der Waals surface area contributed by atoms with Crippen LogP contribution in [0.2, 0.25) is 5.15 Å². The lowest BCUT2D eigenvalue weighted by atomic mass is 10.1. The summed E-state index contributed by atoms with van der Waals surface area (Å²) in [4.78, 5) is 18.8. The van der Waals surface area contributed by atoms with Gasteiger partial charge in [-0.05, 0) is 49.8 Å². The Hall–Kier alpha value is -3.10. The van der Waals surface area contributed by atoms with Crippen LogP contribution in [0.3, 0.4) is 0 Å². The number of amides is 1. The second kappa shape index (κ2) is 8.07. The first-order valence-corrected chi connectivity index (χ1v) is 8.97. The summed E-state index contributed by atoms with van der Waals surface area (Å²) in [6.07, 6.45) is 5.07. The van der Waals surface area contributed by atoms with Crippen LogP contribution in [-0.4, -0.2) is 26.2 Å². The van der Waals surface area contributed by atoms with Crippen LogP contribution in [0.15, 0.2) is 54.7 Å². The average Bonchev–Trinajstić information content (AvgIpc) is 2.99. The van der Waals surface area contributed by atoms with Crippen LogP contribution in [0.25, 0.3) is 11.7 Å². The van der Waals surface area contributed by atoms with Crippen LogP contribution in [0.5, 0.6) is 0 Å². The summed E-state index contributed by atoms with van der Waals surface area (Å²) in [6, 6.07) is 15.0. The minimum absolute atomic E-state index is 0.0236. The van der Waals surface area contributed by atoms with E-state index < -0.39 is 0 Å². The predicted molar refractivity (Wildman–Crippen MR) is 106 cm³/mol. The Morgan fingerprint density at radius 3 is 2.70 bits per heavy atom. The van der Waals surface area contributed by atoms with E-state index in [1.807, 2.05) is 54.8 Å². The number of nitriles is 1. The Bertz CT molecular complexity index is 1030. The van der Waals surface area contributed by atoms with Crippen molar-refractivity contribution in [1.29, 1.82) is 5.26 Å². The van der Waals surface area contributed by atoms with Crippen molar-refractivity contribution in [3.05, 3.63) is 76.7 Å². The largest absolute Gasteiger partial charge is 0.332 e. The first-order valence-electron chi connectivity index (χ1n) is 8.60. The van der Waals surface area contributed by atoms with Gasteiger partial charge in [0.2, 0.25) is 5.91 Å². The molecule has 6 heteroatoms. The third kappa shape index (κ3) is 4.18. The number of rotatable bonds is 5. The Balaban J connectivity index is 1.81. The van der Waals surface area contributed by atoms with Crippen LogP contribution in [0.1, 0.15) is 30.7 Å². The minimum Gasteiger partial charge on any atom is -0.332 e. The highest BCUT2D eigenvalue weighted by molar-refractivity contribution is 6.31. The zero-order chi connectivity index (χ0) is 19.4. The maximum Gasteiger partial charge on any atom is 0.247 e. The lowest BCUT2D eigenvalue weighted by Crippen LogP contribution is -2.35. The van der Waals surface area contributed by atoms with Gasteiger partial charge in [-0.1, -0.05) is 29.8 Å². The zero-order valence-corrected chi connectivity index (χ0v) is 15.9. The summed E-state index contributed by atoms with van der Waals surface area (Å²) >= 11 is 6.22. The van der Waals surface area contributed by atoms with E-state index in [0.29, 0.717) is 23.0 Å². The Morgan fingerprint density at radius 1 is 1.30 bits per heavy atom. The van der Waals surface area contributed by atoms with Gasteiger partial charge in [0.25, 0.3) is 0 Å². The molecule has 0 fully saturated rings. The van der Waals surface area contributed by atoms with Gasteiger partial charge in [0.05, 0.1) is 17.3 Å². The Labute approximate surface area is 163 Å². The van der Waals surface area contributed by atoms with Crippen LogP contribution in [0.4, 0.5) is 0 Å². The van der Waals surface area contributed by atoms with Crippen LogP contribution in [-0.2, 0) is 11.3 Å². The standard InChI is InChI=1S/C21H19ClN4O/c1-15(2)26(14-17-8-6-16(13-23)7-9-17)20(27)11-10-18-21(22)24-19-5-3-4-12-25(18)19/h3-12,15H,14H2,1-2H3/b11-10+. The van der Waals surface area contributed by atoms with Crippen molar-refractivity contribution in [2.75, 3.05) is 0 Å². The predicted octanol–water partition coefficient (Wildman–Crippen LogP) is 4.31. The minimum atomic E-state index is -0.115. The van der Waals surface area contributed by atoms with Crippen molar-refractivity contribution in [2.24, 2.45) is 0 Å². The number of hydrogen-bond acceptors (Lipinski definition) is 3. The summed E-state index contributed by atoms with van der Waals surface area (Å²) < 4.78 is 1.84. The summed E-state index contributed by atoms with van der Waals surface area (Å²) in [5.74, 6) is -0.115. The van der Waals surface area contributed by atoms with Gasteiger partial charge < -0.3 is 4.90 Å². The van der Waals surface area contributed by atoms with E-state index in [9.17, 15) is 4.79 Å². The van der Waals surface area contributed by atoms with E-state index >= 15 is 0 Å². The zero-order valence-electron chi connectivity index (χ0n) is 15.1. The SMILES string of the molecule is CC(C)N(Cc1ccc(C#N)cc1)C(=O)/C=C/c1c(Cl)nc2ccccn12. The molecule has 0 saturated heterocycles. The van der Waals surface area contributed by atoms with E-state index in [1.54, 1.807) is 23.1 Å². The molecule has 0 atom stereocenters. The van der Waals surface area contributed by atoms with Crippen molar-refractivity contribution in [3.63, 3.8) is 0 Å². The number of hydrogen-bond donors (Lipinski definition) is 0. The van der Waals surface area contributed by atoms with Crippen LogP contribution in [0, 0.1) is 11.3 Å². The number of pyridine rings is 1. The number of benzene rings is 1. The molecule has 0 radical (unpaired) electrons. The van der Waals surface area contributed by atoms with Crippen molar-refractivity contribution < 1.29 is 4.79 Å². The van der Waals surface area contributed by atoms with Gasteiger partial charge in [-0.25, -0.2) is 4.98 Å². The van der Waals surface area contributed by atoms with Gasteiger partial charge in [-0.2, -0.15) is 5.26 Å². The third-order valence-electron chi connectivity index (χ3n) is 4.25. The molecule has 2 heterocycles. The molecule has 2 aromatic heterocycles. The number of halogens is 1. The molecule has 3 aromatic rings. The highest BCUT2D eigenvalue weighted by Gasteiger charge is 2.16. The van der Waals surface area contributed by atoms with Crippen molar-refractivity contribution in [1.82, 2.24) is 14.3 Å². The number of carbonyl (C=O) groups excluding carboxylic acids is 1. The molecular formula is C21H19ClN4O.